The molecule has 6 heteroatoms. The maximum atomic E-state index is 11.5. The average Bonchev–Trinajstić information content (AvgIpc) is 2.60. The summed E-state index contributed by atoms with van der Waals surface area (Å²) in [5.41, 5.74) is 2.65. The highest BCUT2D eigenvalue weighted by atomic mass is 32.2. The molecule has 1 atom stereocenters. The molecule has 0 amide bonds. The molecular formula is C19H23NO4S. The van der Waals surface area contributed by atoms with E-state index in [9.17, 15) is 13.2 Å². The molecule has 2 rings (SSSR count). The first-order chi connectivity index (χ1) is 11.7. The van der Waals surface area contributed by atoms with Gasteiger partial charge in [0.15, 0.2) is 9.84 Å². The van der Waals surface area contributed by atoms with Crippen LogP contribution in [-0.2, 0) is 21.1 Å². The molecule has 0 aromatic heterocycles. The monoisotopic (exact) mass is 361 g/mol. The van der Waals surface area contributed by atoms with Crippen molar-refractivity contribution in [2.45, 2.75) is 24.4 Å². The van der Waals surface area contributed by atoms with Crippen molar-refractivity contribution >= 4 is 15.8 Å². The van der Waals surface area contributed by atoms with Gasteiger partial charge in [0.05, 0.1) is 17.6 Å². The summed E-state index contributed by atoms with van der Waals surface area (Å²) in [5.74, 6) is -0.348. The van der Waals surface area contributed by atoms with Crippen LogP contribution in [0.1, 0.15) is 34.5 Å². The quantitative estimate of drug-likeness (QED) is 0.740. The third kappa shape index (κ3) is 4.90. The van der Waals surface area contributed by atoms with Crippen molar-refractivity contribution in [1.29, 1.82) is 0 Å². The number of rotatable bonds is 6. The van der Waals surface area contributed by atoms with Gasteiger partial charge in [0.25, 0.3) is 0 Å². The molecule has 5 nitrogen and oxygen atoms in total. The summed E-state index contributed by atoms with van der Waals surface area (Å²) in [4.78, 5) is 13.9. The highest BCUT2D eigenvalue weighted by molar-refractivity contribution is 7.90. The number of carbonyl (C=O) groups is 1. The van der Waals surface area contributed by atoms with Crippen LogP contribution in [0.3, 0.4) is 0 Å². The number of ether oxygens (including phenoxy) is 1. The summed E-state index contributed by atoms with van der Waals surface area (Å²) in [6, 6.07) is 14.4. The summed E-state index contributed by atoms with van der Waals surface area (Å²) < 4.78 is 27.8. The van der Waals surface area contributed by atoms with E-state index >= 15 is 0 Å². The normalized spacial score (nSPS) is 12.8. The number of benzene rings is 2. The molecule has 25 heavy (non-hydrogen) atoms. The Bertz CT molecular complexity index is 827. The van der Waals surface area contributed by atoms with Gasteiger partial charge in [-0.1, -0.05) is 24.3 Å². The zero-order valence-electron chi connectivity index (χ0n) is 14.9. The minimum Gasteiger partial charge on any atom is -0.465 e. The highest BCUT2D eigenvalue weighted by Crippen LogP contribution is 2.22. The molecule has 134 valence electrons. The van der Waals surface area contributed by atoms with E-state index < -0.39 is 9.84 Å². The van der Waals surface area contributed by atoms with E-state index in [1.165, 1.54) is 13.4 Å². The van der Waals surface area contributed by atoms with Crippen LogP contribution in [0, 0.1) is 0 Å². The molecule has 0 aliphatic rings. The van der Waals surface area contributed by atoms with Crippen LogP contribution < -0.4 is 0 Å². The Hall–Kier alpha value is -2.18. The lowest BCUT2D eigenvalue weighted by molar-refractivity contribution is 0.0600. The Kier molecular flexibility index (Phi) is 5.98. The number of hydrogen-bond donors (Lipinski definition) is 0. The topological polar surface area (TPSA) is 63.7 Å². The van der Waals surface area contributed by atoms with E-state index in [1.807, 2.05) is 31.3 Å². The second-order valence-corrected chi connectivity index (χ2v) is 8.14. The van der Waals surface area contributed by atoms with Crippen LogP contribution in [0.5, 0.6) is 0 Å². The van der Waals surface area contributed by atoms with Gasteiger partial charge in [0.1, 0.15) is 0 Å². The number of esters is 1. The van der Waals surface area contributed by atoms with Crippen molar-refractivity contribution in [3.8, 4) is 0 Å². The van der Waals surface area contributed by atoms with Crippen LogP contribution in [0.2, 0.25) is 0 Å². The SMILES string of the molecule is COC(=O)c1ccc(CN(C)C(C)c2ccc(S(C)(=O)=O)cc2)cc1. The van der Waals surface area contributed by atoms with Crippen molar-refractivity contribution in [1.82, 2.24) is 4.90 Å². The average molecular weight is 361 g/mol. The van der Waals surface area contributed by atoms with Gasteiger partial charge in [0.2, 0.25) is 0 Å². The zero-order valence-corrected chi connectivity index (χ0v) is 15.7. The molecule has 0 saturated carbocycles. The number of nitrogens with zero attached hydrogens (tertiary/aromatic N) is 1. The van der Waals surface area contributed by atoms with Crippen LogP contribution in [0.25, 0.3) is 0 Å². The maximum Gasteiger partial charge on any atom is 0.337 e. The highest BCUT2D eigenvalue weighted by Gasteiger charge is 2.14. The van der Waals surface area contributed by atoms with Crippen LogP contribution in [0.4, 0.5) is 0 Å². The van der Waals surface area contributed by atoms with Gasteiger partial charge in [-0.15, -0.1) is 0 Å². The smallest absolute Gasteiger partial charge is 0.337 e. The van der Waals surface area contributed by atoms with Gasteiger partial charge in [-0.25, -0.2) is 13.2 Å². The molecule has 0 N–H and O–H groups in total. The van der Waals surface area contributed by atoms with Crippen LogP contribution in [-0.4, -0.2) is 39.7 Å². The molecule has 0 aliphatic heterocycles. The van der Waals surface area contributed by atoms with E-state index in [0.717, 1.165) is 11.1 Å². The van der Waals surface area contributed by atoms with E-state index in [1.54, 1.807) is 24.3 Å². The molecule has 0 heterocycles. The number of sulfone groups is 1. The van der Waals surface area contributed by atoms with Gasteiger partial charge >= 0.3 is 5.97 Å². The lowest BCUT2D eigenvalue weighted by atomic mass is 10.1. The fourth-order valence-corrected chi connectivity index (χ4v) is 3.17. The number of carbonyl (C=O) groups excluding carboxylic acids is 1. The van der Waals surface area contributed by atoms with E-state index in [2.05, 4.69) is 11.8 Å². The third-order valence-corrected chi connectivity index (χ3v) is 5.39. The summed E-state index contributed by atoms with van der Waals surface area (Å²) in [5, 5.41) is 0. The molecule has 1 unspecified atom stereocenters. The Labute approximate surface area is 149 Å². The Morgan fingerprint density at radius 2 is 1.64 bits per heavy atom. The minimum absolute atomic E-state index is 0.119. The predicted octanol–water partition coefficient (Wildman–Crippen LogP) is 3.07. The minimum atomic E-state index is -3.18. The van der Waals surface area contributed by atoms with Crippen molar-refractivity contribution in [3.05, 3.63) is 65.2 Å². The van der Waals surface area contributed by atoms with Crippen molar-refractivity contribution in [3.63, 3.8) is 0 Å². The predicted molar refractivity (Wildman–Crippen MR) is 97.2 cm³/mol. The third-order valence-electron chi connectivity index (χ3n) is 4.26. The molecule has 0 aliphatic carbocycles. The van der Waals surface area contributed by atoms with E-state index in [0.29, 0.717) is 17.0 Å². The molecular weight excluding hydrogens is 338 g/mol. The largest absolute Gasteiger partial charge is 0.465 e. The Morgan fingerprint density at radius 3 is 2.12 bits per heavy atom. The van der Waals surface area contributed by atoms with E-state index in [-0.39, 0.29) is 12.0 Å². The second-order valence-electron chi connectivity index (χ2n) is 6.12. The summed E-state index contributed by atoms with van der Waals surface area (Å²) in [6.07, 6.45) is 1.20. The molecule has 0 saturated heterocycles. The number of hydrogen-bond acceptors (Lipinski definition) is 5. The molecule has 0 bridgehead atoms. The van der Waals surface area contributed by atoms with Crippen molar-refractivity contribution in [2.75, 3.05) is 20.4 Å². The van der Waals surface area contributed by atoms with Gasteiger partial charge in [-0.2, -0.15) is 0 Å². The summed E-state index contributed by atoms with van der Waals surface area (Å²) in [7, 11) is 0.186. The zero-order chi connectivity index (χ0) is 18.6. The fraction of sp³-hybridized carbons (Fsp3) is 0.316. The molecule has 2 aromatic rings. The summed E-state index contributed by atoms with van der Waals surface area (Å²) >= 11 is 0. The van der Waals surface area contributed by atoms with Crippen LogP contribution >= 0.6 is 0 Å². The fourth-order valence-electron chi connectivity index (χ4n) is 2.54. The van der Waals surface area contributed by atoms with Gasteiger partial charge in [-0.3, -0.25) is 4.90 Å². The first-order valence-corrected chi connectivity index (χ1v) is 9.79. The number of methoxy groups -OCH3 is 1. The van der Waals surface area contributed by atoms with Crippen molar-refractivity contribution < 1.29 is 17.9 Å². The lowest BCUT2D eigenvalue weighted by Gasteiger charge is -2.25. The first kappa shape index (κ1) is 19.1. The van der Waals surface area contributed by atoms with Gasteiger partial charge < -0.3 is 4.74 Å². The Morgan fingerprint density at radius 1 is 1.08 bits per heavy atom. The molecule has 0 spiro atoms. The Balaban J connectivity index is 2.07. The van der Waals surface area contributed by atoms with Gasteiger partial charge in [0, 0.05) is 18.8 Å². The first-order valence-electron chi connectivity index (χ1n) is 7.90. The van der Waals surface area contributed by atoms with Crippen LogP contribution in [0.15, 0.2) is 53.4 Å². The van der Waals surface area contributed by atoms with E-state index in [4.69, 9.17) is 4.74 Å². The lowest BCUT2D eigenvalue weighted by Crippen LogP contribution is -2.22. The second kappa shape index (κ2) is 7.80. The van der Waals surface area contributed by atoms with Gasteiger partial charge in [-0.05, 0) is 49.4 Å². The molecule has 0 fully saturated rings. The summed E-state index contributed by atoms with van der Waals surface area (Å²) in [6.45, 7) is 2.77. The molecule has 2 aromatic carbocycles. The maximum absolute atomic E-state index is 11.5. The molecule has 0 radical (unpaired) electrons. The standard InChI is InChI=1S/C19H23NO4S/c1-14(16-9-11-18(12-10-16)25(4,22)23)20(2)13-15-5-7-17(8-6-15)19(21)24-3/h5-12,14H,13H2,1-4H3. The van der Waals surface area contributed by atoms with Crippen molar-refractivity contribution in [2.24, 2.45) is 0 Å².